The number of rotatable bonds is 4. The quantitative estimate of drug-likeness (QED) is 0.592. The van der Waals surface area contributed by atoms with Gasteiger partial charge < -0.3 is 15.2 Å². The van der Waals surface area contributed by atoms with Crippen molar-refractivity contribution in [1.82, 2.24) is 0 Å². The van der Waals surface area contributed by atoms with Crippen LogP contribution in [-0.2, 0) is 14.3 Å². The summed E-state index contributed by atoms with van der Waals surface area (Å²) in [5.41, 5.74) is 5.14. The lowest BCUT2D eigenvalue weighted by atomic mass is 9.50. The number of esters is 1. The van der Waals surface area contributed by atoms with Crippen LogP contribution in [0.15, 0.2) is 47.1 Å². The zero-order valence-electron chi connectivity index (χ0n) is 20.8. The minimum atomic E-state index is -1.05. The van der Waals surface area contributed by atoms with E-state index in [0.29, 0.717) is 18.3 Å². The first-order valence-electron chi connectivity index (χ1n) is 12.8. The lowest BCUT2D eigenvalue weighted by molar-refractivity contribution is -0.182. The first-order chi connectivity index (χ1) is 16.2. The molecule has 4 aliphatic carbocycles. The Bertz CT molecular complexity index is 1070. The van der Waals surface area contributed by atoms with Crippen LogP contribution in [0.3, 0.4) is 0 Å². The molecule has 0 heterocycles. The van der Waals surface area contributed by atoms with Gasteiger partial charge in [-0.3, -0.25) is 9.59 Å². The number of hydrogen-bond donors (Lipinski definition) is 2. The summed E-state index contributed by atoms with van der Waals surface area (Å²) in [5.74, 6) is 0.446. The van der Waals surface area contributed by atoms with Crippen LogP contribution in [0.5, 0.6) is 0 Å². The SMILES string of the molecule is CNc1ccc([C@H]2C[C@@]3(C)[C@@H](CC[C@]3(OC(C)=O)C(C)=O)[C@@H]3CCC4=CC(O)CCC4=C32)cc1. The number of hydrogen-bond acceptors (Lipinski definition) is 5. The number of Topliss-reactive ketones (excluding diaryl/α,β-unsaturated/α-hetero) is 1. The molecule has 34 heavy (non-hydrogen) atoms. The zero-order valence-corrected chi connectivity index (χ0v) is 20.8. The summed E-state index contributed by atoms with van der Waals surface area (Å²) in [5, 5.41) is 13.5. The predicted octanol–water partition coefficient (Wildman–Crippen LogP) is 5.31. The Morgan fingerprint density at radius 2 is 1.82 bits per heavy atom. The number of allylic oxidation sites excluding steroid dienone is 3. The summed E-state index contributed by atoms with van der Waals surface area (Å²) in [6.45, 7) is 5.24. The number of carbonyl (C=O) groups is 2. The fraction of sp³-hybridized carbons (Fsp3) is 0.586. The highest BCUT2D eigenvalue weighted by molar-refractivity contribution is 5.89. The van der Waals surface area contributed by atoms with Gasteiger partial charge in [0.05, 0.1) is 6.10 Å². The lowest BCUT2D eigenvalue weighted by Gasteiger charge is -2.55. The Balaban J connectivity index is 1.68. The minimum absolute atomic E-state index is 0.0229. The summed E-state index contributed by atoms with van der Waals surface area (Å²) in [7, 11) is 1.92. The third-order valence-corrected chi connectivity index (χ3v) is 9.47. The number of aliphatic hydroxyl groups excluding tert-OH is 1. The van der Waals surface area contributed by atoms with Crippen LogP contribution < -0.4 is 5.32 Å². The van der Waals surface area contributed by atoms with Crippen molar-refractivity contribution >= 4 is 17.4 Å². The maximum atomic E-state index is 13.2. The van der Waals surface area contributed by atoms with Crippen molar-refractivity contribution in [2.75, 3.05) is 12.4 Å². The summed E-state index contributed by atoms with van der Waals surface area (Å²) in [6, 6.07) is 8.65. The molecule has 5 heteroatoms. The largest absolute Gasteiger partial charge is 0.451 e. The second-order valence-electron chi connectivity index (χ2n) is 11.0. The van der Waals surface area contributed by atoms with Crippen LogP contribution in [0.2, 0.25) is 0 Å². The van der Waals surface area contributed by atoms with Gasteiger partial charge in [0.2, 0.25) is 0 Å². The van der Waals surface area contributed by atoms with E-state index < -0.39 is 11.0 Å². The normalized spacial score (nSPS) is 36.7. The Morgan fingerprint density at radius 1 is 1.09 bits per heavy atom. The number of anilines is 1. The average molecular weight is 464 g/mol. The molecular weight excluding hydrogens is 426 g/mol. The molecule has 1 aromatic rings. The fourth-order valence-corrected chi connectivity index (χ4v) is 8.01. The predicted molar refractivity (Wildman–Crippen MR) is 132 cm³/mol. The van der Waals surface area contributed by atoms with Gasteiger partial charge in [-0.2, -0.15) is 0 Å². The number of ether oxygens (including phenoxy) is 1. The Morgan fingerprint density at radius 3 is 2.47 bits per heavy atom. The van der Waals surface area contributed by atoms with Gasteiger partial charge in [-0.05, 0) is 92.5 Å². The van der Waals surface area contributed by atoms with Crippen molar-refractivity contribution in [2.45, 2.75) is 83.3 Å². The van der Waals surface area contributed by atoms with E-state index >= 15 is 0 Å². The molecule has 0 bridgehead atoms. The smallest absolute Gasteiger partial charge is 0.303 e. The summed E-state index contributed by atoms with van der Waals surface area (Å²) in [6.07, 6.45) is 7.70. The molecule has 5 nitrogen and oxygen atoms in total. The van der Waals surface area contributed by atoms with Gasteiger partial charge in [-0.15, -0.1) is 0 Å². The molecule has 1 aromatic carbocycles. The van der Waals surface area contributed by atoms with E-state index in [1.54, 1.807) is 6.92 Å². The highest BCUT2D eigenvalue weighted by Crippen LogP contribution is 2.67. The highest BCUT2D eigenvalue weighted by Gasteiger charge is 2.67. The first kappa shape index (κ1) is 23.3. The second kappa shape index (κ2) is 8.37. The molecule has 4 aliphatic rings. The van der Waals surface area contributed by atoms with Crippen LogP contribution in [0.4, 0.5) is 5.69 Å². The van der Waals surface area contributed by atoms with Crippen molar-refractivity contribution in [2.24, 2.45) is 17.3 Å². The molecule has 182 valence electrons. The molecular formula is C29H37NO4. The van der Waals surface area contributed by atoms with Gasteiger partial charge >= 0.3 is 5.97 Å². The van der Waals surface area contributed by atoms with Crippen molar-refractivity contribution < 1.29 is 19.4 Å². The standard InChI is InChI=1S/C29H37NO4/c1-17(31)29(34-18(2)32)14-13-26-24-11-7-20-15-22(33)10-12-23(20)27(24)25(16-28(26,29)3)19-5-8-21(30-4)9-6-19/h5-6,8-9,15,22,24-26,30,33H,7,10-14,16H2,1-4H3/t22?,24-,25+,26-,28-,29-/m0/s1. The van der Waals surface area contributed by atoms with Gasteiger partial charge in [0.15, 0.2) is 11.4 Å². The fourth-order valence-electron chi connectivity index (χ4n) is 8.01. The van der Waals surface area contributed by atoms with Gasteiger partial charge in [-0.25, -0.2) is 0 Å². The number of benzene rings is 1. The monoisotopic (exact) mass is 463 g/mol. The van der Waals surface area contributed by atoms with Crippen molar-refractivity contribution in [1.29, 1.82) is 0 Å². The molecule has 2 saturated carbocycles. The van der Waals surface area contributed by atoms with Crippen molar-refractivity contribution in [3.63, 3.8) is 0 Å². The van der Waals surface area contributed by atoms with Gasteiger partial charge in [-0.1, -0.05) is 30.7 Å². The van der Waals surface area contributed by atoms with Crippen LogP contribution in [0.25, 0.3) is 0 Å². The van der Waals surface area contributed by atoms with Crippen LogP contribution in [-0.4, -0.2) is 35.6 Å². The summed E-state index contributed by atoms with van der Waals surface area (Å²) >= 11 is 0. The number of ketones is 1. The van der Waals surface area contributed by atoms with E-state index in [-0.39, 0.29) is 23.8 Å². The molecule has 0 amide bonds. The number of nitrogens with one attached hydrogen (secondary N) is 1. The van der Waals surface area contributed by atoms with E-state index in [4.69, 9.17) is 4.74 Å². The molecule has 0 aliphatic heterocycles. The minimum Gasteiger partial charge on any atom is -0.451 e. The van der Waals surface area contributed by atoms with E-state index in [9.17, 15) is 14.7 Å². The van der Waals surface area contributed by atoms with Crippen molar-refractivity contribution in [3.8, 4) is 0 Å². The molecule has 2 N–H and O–H groups in total. The molecule has 0 aromatic heterocycles. The van der Waals surface area contributed by atoms with Crippen LogP contribution in [0, 0.1) is 17.3 Å². The topological polar surface area (TPSA) is 75.6 Å². The van der Waals surface area contributed by atoms with Crippen LogP contribution >= 0.6 is 0 Å². The molecule has 0 spiro atoms. The van der Waals surface area contributed by atoms with Gasteiger partial charge in [0.1, 0.15) is 0 Å². The third kappa shape index (κ3) is 3.38. The maximum Gasteiger partial charge on any atom is 0.303 e. The number of carbonyl (C=O) groups excluding carboxylic acids is 2. The average Bonchev–Trinajstić information content (AvgIpc) is 3.10. The van der Waals surface area contributed by atoms with E-state index in [1.165, 1.54) is 29.2 Å². The Labute approximate surface area is 202 Å². The molecule has 2 fully saturated rings. The Kier molecular flexibility index (Phi) is 5.75. The van der Waals surface area contributed by atoms with Gasteiger partial charge in [0, 0.05) is 31.0 Å². The molecule has 5 rings (SSSR count). The highest BCUT2D eigenvalue weighted by atomic mass is 16.6. The lowest BCUT2D eigenvalue weighted by Crippen LogP contribution is -2.57. The Hall–Kier alpha value is -2.40. The molecule has 1 unspecified atom stereocenters. The maximum absolute atomic E-state index is 13.2. The third-order valence-electron chi connectivity index (χ3n) is 9.47. The zero-order chi connectivity index (χ0) is 24.3. The first-order valence-corrected chi connectivity index (χ1v) is 12.8. The molecule has 0 saturated heterocycles. The van der Waals surface area contributed by atoms with E-state index in [0.717, 1.165) is 44.2 Å². The van der Waals surface area contributed by atoms with Crippen molar-refractivity contribution in [3.05, 3.63) is 52.6 Å². The molecule has 6 atom stereocenters. The number of aliphatic hydroxyl groups is 1. The number of fused-ring (bicyclic) bond motifs is 4. The van der Waals surface area contributed by atoms with Gasteiger partial charge in [0.25, 0.3) is 0 Å². The van der Waals surface area contributed by atoms with E-state index in [2.05, 4.69) is 42.6 Å². The summed E-state index contributed by atoms with van der Waals surface area (Å²) in [4.78, 5) is 25.4. The summed E-state index contributed by atoms with van der Waals surface area (Å²) < 4.78 is 5.99. The van der Waals surface area contributed by atoms with Crippen LogP contribution in [0.1, 0.15) is 77.2 Å². The van der Waals surface area contributed by atoms with E-state index in [1.807, 2.05) is 7.05 Å². The second-order valence-corrected chi connectivity index (χ2v) is 11.0. The molecule has 0 radical (unpaired) electrons.